The highest BCUT2D eigenvalue weighted by Crippen LogP contribution is 2.36. The van der Waals surface area contributed by atoms with Crippen molar-refractivity contribution in [3.05, 3.63) is 0 Å². The first-order valence-corrected chi connectivity index (χ1v) is 4.76. The molecule has 0 spiro atoms. The van der Waals surface area contributed by atoms with Gasteiger partial charge in [0, 0.05) is 0 Å². The van der Waals surface area contributed by atoms with Crippen LogP contribution in [-0.2, 0) is 0 Å². The van der Waals surface area contributed by atoms with Crippen LogP contribution in [0.25, 0.3) is 0 Å². The first-order chi connectivity index (χ1) is 5.03. The van der Waals surface area contributed by atoms with Gasteiger partial charge < -0.3 is 5.11 Å². The van der Waals surface area contributed by atoms with Crippen LogP contribution in [0.4, 0.5) is 0 Å². The van der Waals surface area contributed by atoms with E-state index in [0.29, 0.717) is 5.92 Å². The van der Waals surface area contributed by atoms with E-state index in [1.165, 1.54) is 12.8 Å². The summed E-state index contributed by atoms with van der Waals surface area (Å²) in [6, 6.07) is 0. The highest BCUT2D eigenvalue weighted by Gasteiger charge is 2.32. The molecule has 0 radical (unpaired) electrons. The van der Waals surface area contributed by atoms with Crippen molar-refractivity contribution in [2.45, 2.75) is 52.1 Å². The second-order valence-electron chi connectivity index (χ2n) is 4.52. The lowest BCUT2D eigenvalue weighted by atomic mass is 9.73. The molecule has 0 aliphatic heterocycles. The number of hydrogen-bond acceptors (Lipinski definition) is 1. The Morgan fingerprint density at radius 3 is 2.55 bits per heavy atom. The smallest absolute Gasteiger partial charge is 0.0625 e. The van der Waals surface area contributed by atoms with Crippen molar-refractivity contribution in [3.8, 4) is 0 Å². The van der Waals surface area contributed by atoms with Crippen LogP contribution in [-0.4, -0.2) is 10.7 Å². The zero-order chi connectivity index (χ0) is 8.48. The van der Waals surface area contributed by atoms with E-state index in [-0.39, 0.29) is 5.60 Å². The predicted molar refractivity (Wildman–Crippen MR) is 47.4 cm³/mol. The molecule has 1 rings (SSSR count). The lowest BCUT2D eigenvalue weighted by Crippen LogP contribution is -2.35. The molecule has 0 saturated heterocycles. The van der Waals surface area contributed by atoms with E-state index >= 15 is 0 Å². The molecule has 1 aliphatic carbocycles. The van der Waals surface area contributed by atoms with Crippen LogP contribution in [0.5, 0.6) is 0 Å². The molecule has 0 aromatic rings. The van der Waals surface area contributed by atoms with Gasteiger partial charge in [-0.05, 0) is 38.0 Å². The summed E-state index contributed by atoms with van der Waals surface area (Å²) >= 11 is 0. The van der Waals surface area contributed by atoms with E-state index in [2.05, 4.69) is 13.8 Å². The van der Waals surface area contributed by atoms with Crippen molar-refractivity contribution < 1.29 is 5.11 Å². The van der Waals surface area contributed by atoms with Crippen LogP contribution >= 0.6 is 0 Å². The predicted octanol–water partition coefficient (Wildman–Crippen LogP) is 2.58. The maximum Gasteiger partial charge on any atom is 0.0625 e. The van der Waals surface area contributed by atoms with Crippen molar-refractivity contribution in [1.29, 1.82) is 0 Å². The topological polar surface area (TPSA) is 20.2 Å². The van der Waals surface area contributed by atoms with Gasteiger partial charge in [0.25, 0.3) is 0 Å². The third kappa shape index (κ3) is 2.48. The maximum absolute atomic E-state index is 9.85. The van der Waals surface area contributed by atoms with Gasteiger partial charge >= 0.3 is 0 Å². The van der Waals surface area contributed by atoms with Crippen molar-refractivity contribution >= 4 is 0 Å². The number of aliphatic hydroxyl groups is 1. The third-order valence-corrected chi connectivity index (χ3v) is 2.83. The molecule has 0 heterocycles. The Labute approximate surface area is 69.8 Å². The molecule has 1 aliphatic rings. The molecule has 11 heavy (non-hydrogen) atoms. The van der Waals surface area contributed by atoms with Gasteiger partial charge in [-0.25, -0.2) is 0 Å². The monoisotopic (exact) mass is 156 g/mol. The van der Waals surface area contributed by atoms with Gasteiger partial charge in [-0.15, -0.1) is 0 Å². The van der Waals surface area contributed by atoms with Gasteiger partial charge in [-0.3, -0.25) is 0 Å². The molecular weight excluding hydrogens is 136 g/mol. The fraction of sp³-hybridized carbons (Fsp3) is 1.00. The lowest BCUT2D eigenvalue weighted by Gasteiger charge is -2.37. The lowest BCUT2D eigenvalue weighted by molar-refractivity contribution is -0.0189. The van der Waals surface area contributed by atoms with Crippen molar-refractivity contribution in [1.82, 2.24) is 0 Å². The summed E-state index contributed by atoms with van der Waals surface area (Å²) in [5, 5.41) is 9.85. The average Bonchev–Trinajstić information content (AvgIpc) is 1.83. The summed E-state index contributed by atoms with van der Waals surface area (Å²) in [6.45, 7) is 6.44. The Bertz CT molecular complexity index is 129. The molecule has 0 bridgehead atoms. The van der Waals surface area contributed by atoms with Crippen molar-refractivity contribution in [2.24, 2.45) is 11.8 Å². The summed E-state index contributed by atoms with van der Waals surface area (Å²) < 4.78 is 0. The highest BCUT2D eigenvalue weighted by molar-refractivity contribution is 4.84. The Hall–Kier alpha value is -0.0400. The van der Waals surface area contributed by atoms with Crippen LogP contribution in [0.15, 0.2) is 0 Å². The fourth-order valence-corrected chi connectivity index (χ4v) is 2.50. The van der Waals surface area contributed by atoms with Crippen molar-refractivity contribution in [2.75, 3.05) is 0 Å². The second kappa shape index (κ2) is 3.14. The van der Waals surface area contributed by atoms with Gasteiger partial charge in [0.1, 0.15) is 0 Å². The van der Waals surface area contributed by atoms with Crippen LogP contribution in [0.3, 0.4) is 0 Å². The molecule has 3 atom stereocenters. The van der Waals surface area contributed by atoms with E-state index in [9.17, 15) is 5.11 Å². The van der Waals surface area contributed by atoms with Crippen LogP contribution in [0.1, 0.15) is 46.5 Å². The molecule has 1 N–H and O–H groups in total. The van der Waals surface area contributed by atoms with E-state index in [1.54, 1.807) is 0 Å². The maximum atomic E-state index is 9.85. The molecular formula is C10H20O. The molecule has 0 aromatic carbocycles. The fourth-order valence-electron chi connectivity index (χ4n) is 2.50. The summed E-state index contributed by atoms with van der Waals surface area (Å²) in [4.78, 5) is 0. The van der Waals surface area contributed by atoms with Gasteiger partial charge in [-0.1, -0.05) is 20.3 Å². The minimum absolute atomic E-state index is 0.377. The average molecular weight is 156 g/mol. The summed E-state index contributed by atoms with van der Waals surface area (Å²) in [5.74, 6) is 1.47. The van der Waals surface area contributed by atoms with E-state index in [0.717, 1.165) is 18.8 Å². The Morgan fingerprint density at radius 1 is 1.45 bits per heavy atom. The largest absolute Gasteiger partial charge is 0.390 e. The SMILES string of the molecule is CCC1CC(C)CC(C)(O)C1. The molecule has 1 heteroatoms. The zero-order valence-corrected chi connectivity index (χ0v) is 7.93. The Morgan fingerprint density at radius 2 is 2.09 bits per heavy atom. The third-order valence-electron chi connectivity index (χ3n) is 2.83. The molecule has 66 valence electrons. The molecule has 1 fully saturated rings. The summed E-state index contributed by atoms with van der Waals surface area (Å²) in [6.07, 6.45) is 4.53. The van der Waals surface area contributed by atoms with Gasteiger partial charge in [0.15, 0.2) is 0 Å². The van der Waals surface area contributed by atoms with Gasteiger partial charge in [0.2, 0.25) is 0 Å². The molecule has 0 amide bonds. The quantitative estimate of drug-likeness (QED) is 0.618. The minimum Gasteiger partial charge on any atom is -0.390 e. The normalized spacial score (nSPS) is 45.8. The van der Waals surface area contributed by atoms with Crippen LogP contribution in [0.2, 0.25) is 0 Å². The summed E-state index contributed by atoms with van der Waals surface area (Å²) in [5.41, 5.74) is -0.377. The Kier molecular flexibility index (Phi) is 2.58. The van der Waals surface area contributed by atoms with E-state index < -0.39 is 0 Å². The van der Waals surface area contributed by atoms with Crippen LogP contribution < -0.4 is 0 Å². The number of rotatable bonds is 1. The first kappa shape index (κ1) is 9.05. The molecule has 1 nitrogen and oxygen atoms in total. The van der Waals surface area contributed by atoms with E-state index in [4.69, 9.17) is 0 Å². The molecule has 1 saturated carbocycles. The van der Waals surface area contributed by atoms with Crippen LogP contribution in [0, 0.1) is 11.8 Å². The first-order valence-electron chi connectivity index (χ1n) is 4.76. The van der Waals surface area contributed by atoms with E-state index in [1.807, 2.05) is 6.92 Å². The highest BCUT2D eigenvalue weighted by atomic mass is 16.3. The number of hydrogen-bond donors (Lipinski definition) is 1. The van der Waals surface area contributed by atoms with Gasteiger partial charge in [-0.2, -0.15) is 0 Å². The van der Waals surface area contributed by atoms with Crippen molar-refractivity contribution in [3.63, 3.8) is 0 Å². The Balaban J connectivity index is 2.51. The summed E-state index contributed by atoms with van der Waals surface area (Å²) in [7, 11) is 0. The molecule has 0 aromatic heterocycles. The van der Waals surface area contributed by atoms with Gasteiger partial charge in [0.05, 0.1) is 5.60 Å². The minimum atomic E-state index is -0.377. The molecule has 3 unspecified atom stereocenters. The standard InChI is InChI=1S/C10H20O/c1-4-9-5-8(2)6-10(3,11)7-9/h8-9,11H,4-7H2,1-3H3. The zero-order valence-electron chi connectivity index (χ0n) is 7.93. The second-order valence-corrected chi connectivity index (χ2v) is 4.52.